The lowest BCUT2D eigenvalue weighted by Crippen LogP contribution is -1.92. The SMILES string of the molecule is Cc1c2ccnc(C#N)c2cc2c3cc(F)ccc3n(C)c12. The van der Waals surface area contributed by atoms with Gasteiger partial charge in [0.2, 0.25) is 0 Å². The van der Waals surface area contributed by atoms with Crippen LogP contribution in [0.5, 0.6) is 0 Å². The number of nitrogens with zero attached hydrogens (tertiary/aromatic N) is 3. The molecule has 22 heavy (non-hydrogen) atoms. The zero-order valence-electron chi connectivity index (χ0n) is 12.2. The van der Waals surface area contributed by atoms with E-state index in [1.54, 1.807) is 18.3 Å². The maximum atomic E-state index is 13.7. The molecule has 0 amide bonds. The summed E-state index contributed by atoms with van der Waals surface area (Å²) in [6, 6.07) is 10.8. The highest BCUT2D eigenvalue weighted by Crippen LogP contribution is 2.35. The second kappa shape index (κ2) is 4.28. The molecule has 0 aliphatic heterocycles. The Labute approximate surface area is 126 Å². The molecule has 2 aromatic carbocycles. The zero-order chi connectivity index (χ0) is 15.4. The molecule has 0 aliphatic carbocycles. The molecule has 2 aromatic heterocycles. The van der Waals surface area contributed by atoms with Crippen molar-refractivity contribution in [1.29, 1.82) is 5.26 Å². The van der Waals surface area contributed by atoms with E-state index in [1.807, 2.05) is 26.1 Å². The molecule has 0 unspecified atom stereocenters. The van der Waals surface area contributed by atoms with Crippen LogP contribution in [0.4, 0.5) is 4.39 Å². The summed E-state index contributed by atoms with van der Waals surface area (Å²) in [5.41, 5.74) is 3.51. The van der Waals surface area contributed by atoms with Crippen molar-refractivity contribution in [2.75, 3.05) is 0 Å². The van der Waals surface area contributed by atoms with E-state index in [1.165, 1.54) is 6.07 Å². The van der Waals surface area contributed by atoms with Gasteiger partial charge in [0.25, 0.3) is 0 Å². The fourth-order valence-corrected chi connectivity index (χ4v) is 3.35. The van der Waals surface area contributed by atoms with Crippen molar-refractivity contribution in [2.45, 2.75) is 6.92 Å². The number of aryl methyl sites for hydroxylation is 2. The third-order valence-corrected chi connectivity index (χ3v) is 4.34. The van der Waals surface area contributed by atoms with Gasteiger partial charge in [-0.3, -0.25) is 0 Å². The third-order valence-electron chi connectivity index (χ3n) is 4.34. The van der Waals surface area contributed by atoms with E-state index >= 15 is 0 Å². The van der Waals surface area contributed by atoms with Crippen molar-refractivity contribution in [1.82, 2.24) is 9.55 Å². The number of hydrogen-bond donors (Lipinski definition) is 0. The van der Waals surface area contributed by atoms with Gasteiger partial charge in [0.15, 0.2) is 0 Å². The van der Waals surface area contributed by atoms with Gasteiger partial charge >= 0.3 is 0 Å². The van der Waals surface area contributed by atoms with Crippen molar-refractivity contribution < 1.29 is 4.39 Å². The van der Waals surface area contributed by atoms with E-state index in [0.29, 0.717) is 5.69 Å². The lowest BCUT2D eigenvalue weighted by molar-refractivity contribution is 0.629. The first-order chi connectivity index (χ1) is 10.6. The Morgan fingerprint density at radius 2 is 1.91 bits per heavy atom. The van der Waals surface area contributed by atoms with Gasteiger partial charge in [-0.1, -0.05) is 0 Å². The highest BCUT2D eigenvalue weighted by molar-refractivity contribution is 6.14. The first kappa shape index (κ1) is 12.8. The molecular formula is C18H12FN3. The van der Waals surface area contributed by atoms with Crippen LogP contribution in [0.1, 0.15) is 11.3 Å². The number of hydrogen-bond acceptors (Lipinski definition) is 2. The fourth-order valence-electron chi connectivity index (χ4n) is 3.35. The van der Waals surface area contributed by atoms with Crippen molar-refractivity contribution in [3.8, 4) is 6.07 Å². The normalized spacial score (nSPS) is 11.4. The van der Waals surface area contributed by atoms with E-state index in [9.17, 15) is 9.65 Å². The van der Waals surface area contributed by atoms with Crippen LogP contribution in [-0.2, 0) is 7.05 Å². The number of benzene rings is 2. The molecule has 0 atom stereocenters. The summed E-state index contributed by atoms with van der Waals surface area (Å²) in [5.74, 6) is -0.260. The predicted octanol–water partition coefficient (Wildman–Crippen LogP) is 4.20. The highest BCUT2D eigenvalue weighted by atomic mass is 19.1. The lowest BCUT2D eigenvalue weighted by atomic mass is 10.0. The molecule has 4 aromatic rings. The molecule has 0 aliphatic rings. The Hall–Kier alpha value is -2.93. The molecule has 3 nitrogen and oxygen atoms in total. The van der Waals surface area contributed by atoms with Crippen LogP contribution in [0.15, 0.2) is 36.5 Å². The van der Waals surface area contributed by atoms with E-state index in [-0.39, 0.29) is 5.82 Å². The van der Waals surface area contributed by atoms with Crippen LogP contribution in [-0.4, -0.2) is 9.55 Å². The van der Waals surface area contributed by atoms with E-state index in [2.05, 4.69) is 15.6 Å². The Kier molecular flexibility index (Phi) is 2.49. The second-order valence-electron chi connectivity index (χ2n) is 5.48. The average Bonchev–Trinajstić information content (AvgIpc) is 2.80. The number of pyridine rings is 1. The molecular weight excluding hydrogens is 277 g/mol. The molecule has 4 heteroatoms. The minimum absolute atomic E-state index is 0.260. The average molecular weight is 289 g/mol. The van der Waals surface area contributed by atoms with Crippen molar-refractivity contribution in [3.05, 3.63) is 53.6 Å². The summed E-state index contributed by atoms with van der Waals surface area (Å²) in [7, 11) is 1.98. The molecule has 0 N–H and O–H groups in total. The summed E-state index contributed by atoms with van der Waals surface area (Å²) < 4.78 is 15.7. The largest absolute Gasteiger partial charge is 0.343 e. The summed E-state index contributed by atoms with van der Waals surface area (Å²) in [6.45, 7) is 2.03. The van der Waals surface area contributed by atoms with Crippen molar-refractivity contribution >= 4 is 32.6 Å². The molecule has 0 saturated carbocycles. The molecule has 106 valence electrons. The first-order valence-electron chi connectivity index (χ1n) is 6.98. The Bertz CT molecular complexity index is 1120. The lowest BCUT2D eigenvalue weighted by Gasteiger charge is -2.07. The molecule has 4 rings (SSSR count). The second-order valence-corrected chi connectivity index (χ2v) is 5.48. The van der Waals surface area contributed by atoms with Gasteiger partial charge in [0.1, 0.15) is 17.6 Å². The van der Waals surface area contributed by atoms with Gasteiger partial charge in [-0.2, -0.15) is 5.26 Å². The number of fused-ring (bicyclic) bond motifs is 4. The van der Waals surface area contributed by atoms with Crippen LogP contribution < -0.4 is 0 Å². The first-order valence-corrected chi connectivity index (χ1v) is 6.98. The minimum Gasteiger partial charge on any atom is -0.343 e. The van der Waals surface area contributed by atoms with Crippen LogP contribution >= 0.6 is 0 Å². The Morgan fingerprint density at radius 1 is 1.09 bits per heavy atom. The fraction of sp³-hybridized carbons (Fsp3) is 0.111. The monoisotopic (exact) mass is 289 g/mol. The molecule has 0 spiro atoms. The van der Waals surface area contributed by atoms with Gasteiger partial charge < -0.3 is 4.57 Å². The summed E-state index contributed by atoms with van der Waals surface area (Å²) in [6.07, 6.45) is 1.65. The molecule has 0 fully saturated rings. The number of nitriles is 1. The number of halogens is 1. The summed E-state index contributed by atoms with van der Waals surface area (Å²) in [4.78, 5) is 4.14. The van der Waals surface area contributed by atoms with Crippen molar-refractivity contribution in [2.24, 2.45) is 7.05 Å². The predicted molar refractivity (Wildman–Crippen MR) is 85.1 cm³/mol. The molecule has 0 bridgehead atoms. The maximum Gasteiger partial charge on any atom is 0.148 e. The third kappa shape index (κ3) is 1.51. The van der Waals surface area contributed by atoms with Gasteiger partial charge in [-0.25, -0.2) is 9.37 Å². The smallest absolute Gasteiger partial charge is 0.148 e. The van der Waals surface area contributed by atoms with E-state index in [0.717, 1.165) is 38.1 Å². The van der Waals surface area contributed by atoms with Gasteiger partial charge in [-0.05, 0) is 48.2 Å². The van der Waals surface area contributed by atoms with E-state index < -0.39 is 0 Å². The summed E-state index contributed by atoms with van der Waals surface area (Å²) in [5, 5.41) is 12.9. The maximum absolute atomic E-state index is 13.7. The van der Waals surface area contributed by atoms with Gasteiger partial charge in [-0.15, -0.1) is 0 Å². The van der Waals surface area contributed by atoms with Crippen molar-refractivity contribution in [3.63, 3.8) is 0 Å². The topological polar surface area (TPSA) is 41.6 Å². The Balaban J connectivity index is 2.35. The summed E-state index contributed by atoms with van der Waals surface area (Å²) >= 11 is 0. The standard InChI is InChI=1S/C18H12FN3/c1-10-12-5-6-21-16(9-20)13(12)8-15-14-7-11(19)3-4-17(14)22(2)18(10)15/h3-8H,1-2H3. The molecule has 2 heterocycles. The minimum atomic E-state index is -0.260. The highest BCUT2D eigenvalue weighted by Gasteiger charge is 2.15. The van der Waals surface area contributed by atoms with Crippen LogP contribution in [0.3, 0.4) is 0 Å². The van der Waals surface area contributed by atoms with Crippen LogP contribution in [0, 0.1) is 24.1 Å². The Morgan fingerprint density at radius 3 is 2.68 bits per heavy atom. The van der Waals surface area contributed by atoms with Gasteiger partial charge in [0.05, 0.1) is 5.52 Å². The van der Waals surface area contributed by atoms with E-state index in [4.69, 9.17) is 0 Å². The van der Waals surface area contributed by atoms with Crippen LogP contribution in [0.25, 0.3) is 32.6 Å². The number of aromatic nitrogens is 2. The van der Waals surface area contributed by atoms with Crippen LogP contribution in [0.2, 0.25) is 0 Å². The molecule has 0 radical (unpaired) electrons. The number of rotatable bonds is 0. The molecule has 0 saturated heterocycles. The quantitative estimate of drug-likeness (QED) is 0.487. The zero-order valence-corrected chi connectivity index (χ0v) is 12.2. The van der Waals surface area contributed by atoms with Gasteiger partial charge in [0, 0.05) is 34.9 Å².